The maximum atomic E-state index is 10.5. The molecule has 5 atom stereocenters. The number of H-pyrrole nitrogens is 1. The number of aromatic hydroxyl groups is 1. The second-order valence-corrected chi connectivity index (χ2v) is 8.28. The highest BCUT2D eigenvalue weighted by Gasteiger charge is 2.46. The second kappa shape index (κ2) is 7.72. The molecule has 0 spiro atoms. The molecule has 0 radical (unpaired) electrons. The highest BCUT2D eigenvalue weighted by atomic mass is 79.9. The van der Waals surface area contributed by atoms with Gasteiger partial charge < -0.3 is 47.1 Å². The van der Waals surface area contributed by atoms with Gasteiger partial charge in [-0.2, -0.15) is 4.57 Å². The number of fused-ring (bicyclic) bond motifs is 4. The van der Waals surface area contributed by atoms with Crippen molar-refractivity contribution in [2.24, 2.45) is 0 Å². The number of hydrogen-bond donors (Lipinski definition) is 5. The molecule has 0 unspecified atom stereocenters. The number of halogens is 1. The summed E-state index contributed by atoms with van der Waals surface area (Å²) < 4.78 is 7.55. The molecular weight excluding hydrogens is 464 g/mol. The Morgan fingerprint density at radius 2 is 1.68 bits per heavy atom. The van der Waals surface area contributed by atoms with Crippen molar-refractivity contribution in [3.05, 3.63) is 47.8 Å². The molecule has 1 aliphatic heterocycles. The number of ether oxygens (including phenoxy) is 1. The summed E-state index contributed by atoms with van der Waals surface area (Å²) in [7, 11) is 0. The van der Waals surface area contributed by atoms with Gasteiger partial charge in [-0.05, 0) is 55.5 Å². The van der Waals surface area contributed by atoms with Gasteiger partial charge in [0.1, 0.15) is 18.0 Å². The predicted molar refractivity (Wildman–Crippen MR) is 112 cm³/mol. The highest BCUT2D eigenvalue weighted by molar-refractivity contribution is 6.16. The van der Waals surface area contributed by atoms with Crippen LogP contribution >= 0.6 is 0 Å². The number of benzene rings is 2. The minimum Gasteiger partial charge on any atom is -1.00 e. The average Bonchev–Trinajstić information content (AvgIpc) is 3.12. The van der Waals surface area contributed by atoms with E-state index in [9.17, 15) is 20.4 Å². The molecule has 0 amide bonds. The molecule has 1 aliphatic rings. The summed E-state index contributed by atoms with van der Waals surface area (Å²) in [5.74, 6) is 0.212. The van der Waals surface area contributed by atoms with Crippen molar-refractivity contribution in [2.45, 2.75) is 51.4 Å². The van der Waals surface area contributed by atoms with Crippen LogP contribution in [0.15, 0.2) is 36.7 Å². The highest BCUT2D eigenvalue weighted by Crippen LogP contribution is 2.37. The van der Waals surface area contributed by atoms with E-state index < -0.39 is 30.6 Å². The molecule has 3 heterocycles. The zero-order chi connectivity index (χ0) is 21.3. The lowest BCUT2D eigenvalue weighted by Crippen LogP contribution is -3.00. The number of aromatic amines is 1. The smallest absolute Gasteiger partial charge is 0.291 e. The van der Waals surface area contributed by atoms with Gasteiger partial charge in [-0.3, -0.25) is 0 Å². The molecule has 164 valence electrons. The summed E-state index contributed by atoms with van der Waals surface area (Å²) in [4.78, 5) is 3.46. The number of hydrogen-bond acceptors (Lipinski definition) is 5. The van der Waals surface area contributed by atoms with Crippen molar-refractivity contribution in [2.75, 3.05) is 0 Å². The first-order valence-corrected chi connectivity index (χ1v) is 10.1. The number of aliphatic hydroxyl groups excluding tert-OH is 3. The Kier molecular flexibility index (Phi) is 5.47. The normalized spacial score (nSPS) is 26.5. The number of aryl methyl sites for hydroxylation is 2. The van der Waals surface area contributed by atoms with E-state index in [2.05, 4.69) is 11.9 Å². The van der Waals surface area contributed by atoms with Gasteiger partial charge in [0, 0.05) is 27.7 Å². The number of phenols is 1. The largest absolute Gasteiger partial charge is 1.00 e. The third-order valence-corrected chi connectivity index (χ3v) is 6.44. The molecule has 2 aromatic heterocycles. The fourth-order valence-corrected chi connectivity index (χ4v) is 4.69. The molecule has 0 bridgehead atoms. The average molecular weight is 489 g/mol. The molecule has 2 aromatic carbocycles. The number of pyridine rings is 1. The van der Waals surface area contributed by atoms with Crippen LogP contribution in [0.1, 0.15) is 24.3 Å². The molecule has 7 nitrogen and oxygen atoms in total. The van der Waals surface area contributed by atoms with Crippen LogP contribution in [0.2, 0.25) is 0 Å². The maximum absolute atomic E-state index is 10.5. The Hall–Kier alpha value is -2.23. The van der Waals surface area contributed by atoms with E-state index in [0.717, 1.165) is 43.7 Å². The van der Waals surface area contributed by atoms with Gasteiger partial charge in [0.2, 0.25) is 0 Å². The third kappa shape index (κ3) is 3.21. The Morgan fingerprint density at radius 3 is 2.42 bits per heavy atom. The quantitative estimate of drug-likeness (QED) is 0.223. The molecule has 0 aliphatic carbocycles. The van der Waals surface area contributed by atoms with E-state index in [1.165, 1.54) is 0 Å². The van der Waals surface area contributed by atoms with Crippen LogP contribution in [0, 0.1) is 13.8 Å². The van der Waals surface area contributed by atoms with Gasteiger partial charge in [-0.1, -0.05) is 0 Å². The first-order valence-electron chi connectivity index (χ1n) is 10.1. The van der Waals surface area contributed by atoms with E-state index in [-0.39, 0.29) is 22.7 Å². The van der Waals surface area contributed by atoms with Crippen molar-refractivity contribution in [1.29, 1.82) is 0 Å². The standard InChI is InChI=1S/C23H24N2O5.BrH/c1-10-16-9-25(23-22(29)21(28)20(27)12(3)30-23)7-6-14(16)11(2)19-18(10)15-8-13(26)4-5-17(15)24-19;/h4-9,12,20-23,26-29H,1-3H3;1H/t12-,20+,21+,22-,23-;/m0./s1. The molecule has 5 N–H and O–H groups in total. The van der Waals surface area contributed by atoms with Crippen LogP contribution in [0.25, 0.3) is 32.6 Å². The predicted octanol–water partition coefficient (Wildman–Crippen LogP) is -0.912. The molecule has 5 rings (SSSR count). The Labute approximate surface area is 189 Å². The number of rotatable bonds is 1. The number of aliphatic hydroxyl groups is 3. The molecule has 1 fully saturated rings. The summed E-state index contributed by atoms with van der Waals surface area (Å²) in [6.45, 7) is 5.76. The molecule has 31 heavy (non-hydrogen) atoms. The summed E-state index contributed by atoms with van der Waals surface area (Å²) in [6.07, 6.45) is -1.38. The summed E-state index contributed by atoms with van der Waals surface area (Å²) >= 11 is 0. The minimum atomic E-state index is -1.29. The molecular formula is C23H25BrN2O5. The maximum Gasteiger partial charge on any atom is 0.291 e. The number of aromatic nitrogens is 2. The topological polar surface area (TPSA) is 110 Å². The van der Waals surface area contributed by atoms with Gasteiger partial charge in [-0.15, -0.1) is 0 Å². The van der Waals surface area contributed by atoms with Gasteiger partial charge >= 0.3 is 0 Å². The van der Waals surface area contributed by atoms with E-state index in [1.807, 2.05) is 31.5 Å². The number of phenolic OH excluding ortho intramolecular Hbond substituents is 1. The molecule has 1 saturated heterocycles. The lowest BCUT2D eigenvalue weighted by molar-refractivity contribution is -0.776. The Balaban J connectivity index is 0.00000231. The lowest BCUT2D eigenvalue weighted by Gasteiger charge is -2.36. The minimum absolute atomic E-state index is 0. The first kappa shape index (κ1) is 22.0. The zero-order valence-corrected chi connectivity index (χ0v) is 19.0. The van der Waals surface area contributed by atoms with Crippen LogP contribution < -0.4 is 21.5 Å². The van der Waals surface area contributed by atoms with Crippen LogP contribution in [-0.2, 0) is 4.74 Å². The van der Waals surface area contributed by atoms with Crippen molar-refractivity contribution in [3.8, 4) is 5.75 Å². The fourth-order valence-electron chi connectivity index (χ4n) is 4.69. The van der Waals surface area contributed by atoms with Crippen LogP contribution in [0.3, 0.4) is 0 Å². The van der Waals surface area contributed by atoms with Gasteiger partial charge in [0.05, 0.1) is 11.6 Å². The Bertz CT molecular complexity index is 1300. The second-order valence-electron chi connectivity index (χ2n) is 8.28. The summed E-state index contributed by atoms with van der Waals surface area (Å²) in [6, 6.07) is 7.27. The lowest BCUT2D eigenvalue weighted by atomic mass is 9.96. The molecule has 8 heteroatoms. The van der Waals surface area contributed by atoms with Gasteiger partial charge in [0.25, 0.3) is 6.23 Å². The van der Waals surface area contributed by atoms with Gasteiger partial charge in [0.15, 0.2) is 18.5 Å². The van der Waals surface area contributed by atoms with E-state index in [0.29, 0.717) is 0 Å². The summed E-state index contributed by atoms with van der Waals surface area (Å²) in [5, 5.41) is 44.7. The zero-order valence-electron chi connectivity index (χ0n) is 17.4. The summed E-state index contributed by atoms with van der Waals surface area (Å²) in [5.41, 5.74) is 4.10. The van der Waals surface area contributed by atoms with Crippen molar-refractivity contribution < 1.29 is 46.7 Å². The van der Waals surface area contributed by atoms with Crippen LogP contribution in [0.5, 0.6) is 5.75 Å². The van der Waals surface area contributed by atoms with Crippen LogP contribution in [-0.4, -0.2) is 49.8 Å². The fraction of sp³-hybridized carbons (Fsp3) is 0.348. The van der Waals surface area contributed by atoms with Crippen molar-refractivity contribution in [1.82, 2.24) is 4.98 Å². The molecule has 0 saturated carbocycles. The SMILES string of the molecule is Cc1c2cc[n+]([C@H]3O[C@@H](C)[C@@H](O)[C@@H](O)[C@@H]3O)cc2c(C)c2c1[nH]c1ccc(O)cc12.[Br-]. The number of nitrogens with one attached hydrogen (secondary N) is 1. The van der Waals surface area contributed by atoms with Crippen molar-refractivity contribution >= 4 is 32.6 Å². The van der Waals surface area contributed by atoms with E-state index >= 15 is 0 Å². The van der Waals surface area contributed by atoms with E-state index in [4.69, 9.17) is 4.74 Å². The monoisotopic (exact) mass is 488 g/mol. The van der Waals surface area contributed by atoms with Crippen molar-refractivity contribution in [3.63, 3.8) is 0 Å². The Morgan fingerprint density at radius 1 is 0.935 bits per heavy atom. The third-order valence-electron chi connectivity index (χ3n) is 6.44. The first-order chi connectivity index (χ1) is 14.3. The van der Waals surface area contributed by atoms with E-state index in [1.54, 1.807) is 23.6 Å². The van der Waals surface area contributed by atoms with Crippen LogP contribution in [0.4, 0.5) is 0 Å². The van der Waals surface area contributed by atoms with Gasteiger partial charge in [-0.25, -0.2) is 0 Å². The number of nitrogens with zero attached hydrogens (tertiary/aromatic N) is 1. The molecule has 4 aromatic rings.